The highest BCUT2D eigenvalue weighted by atomic mass is 79.9. The molecule has 0 fully saturated rings. The molecule has 3 rings (SSSR count). The number of phenols is 1. The molecule has 0 saturated carbocycles. The lowest BCUT2D eigenvalue weighted by Gasteiger charge is -2.09. The smallest absolute Gasteiger partial charge is 0.273 e. The van der Waals surface area contributed by atoms with E-state index in [2.05, 4.69) is 58.3 Å². The molecule has 0 unspecified atom stereocenters. The normalized spacial score (nSPS) is 11.0. The molecule has 132 valence electrons. The van der Waals surface area contributed by atoms with Crippen molar-refractivity contribution in [2.75, 3.05) is 0 Å². The third kappa shape index (κ3) is 3.92. The van der Waals surface area contributed by atoms with Gasteiger partial charge in [0.25, 0.3) is 5.91 Å². The first-order valence-electron chi connectivity index (χ1n) is 7.41. The van der Waals surface area contributed by atoms with Crippen molar-refractivity contribution >= 4 is 59.9 Å². The molecule has 0 atom stereocenters. The molecule has 26 heavy (non-hydrogen) atoms. The molecule has 0 spiro atoms. The number of rotatable bonds is 4. The Kier molecular flexibility index (Phi) is 5.95. The summed E-state index contributed by atoms with van der Waals surface area (Å²) >= 11 is 9.97. The lowest BCUT2D eigenvalue weighted by Crippen LogP contribution is -2.19. The first kappa shape index (κ1) is 18.9. The van der Waals surface area contributed by atoms with E-state index in [4.69, 9.17) is 0 Å². The summed E-state index contributed by atoms with van der Waals surface area (Å²) in [6, 6.07) is 12.7. The summed E-state index contributed by atoms with van der Waals surface area (Å²) in [5.74, 6) is -0.280. The van der Waals surface area contributed by atoms with Crippen LogP contribution in [0.3, 0.4) is 0 Å². The Morgan fingerprint density at radius 3 is 2.50 bits per heavy atom. The zero-order valence-electron chi connectivity index (χ0n) is 13.2. The van der Waals surface area contributed by atoms with Gasteiger partial charge in [-0.1, -0.05) is 28.1 Å². The molecule has 1 aromatic heterocycles. The first-order chi connectivity index (χ1) is 12.5. The van der Waals surface area contributed by atoms with Crippen molar-refractivity contribution in [2.24, 2.45) is 5.10 Å². The standard InChI is InChI=1S/C18H12Br3N3O2/c19-13-9-14(20)17(25)16(21)12(13)10-22-23-18(26)11-5-1-2-6-15(11)24-7-3-4-8-24/h1-10,25H,(H,23,26)/b22-10-. The van der Waals surface area contributed by atoms with E-state index in [1.807, 2.05) is 41.2 Å². The molecule has 0 radical (unpaired) electrons. The van der Waals surface area contributed by atoms with Crippen LogP contribution in [0.4, 0.5) is 0 Å². The van der Waals surface area contributed by atoms with Gasteiger partial charge in [-0.05, 0) is 62.2 Å². The maximum atomic E-state index is 12.5. The molecular formula is C18H12Br3N3O2. The Hall–Kier alpha value is -1.90. The summed E-state index contributed by atoms with van der Waals surface area (Å²) in [6.07, 6.45) is 5.19. The van der Waals surface area contributed by atoms with Crippen molar-refractivity contribution in [2.45, 2.75) is 0 Å². The summed E-state index contributed by atoms with van der Waals surface area (Å²) in [5.41, 5.74) is 4.38. The fourth-order valence-electron chi connectivity index (χ4n) is 2.31. The molecule has 1 heterocycles. The van der Waals surface area contributed by atoms with Crippen LogP contribution < -0.4 is 5.43 Å². The average molecular weight is 542 g/mol. The van der Waals surface area contributed by atoms with E-state index in [-0.39, 0.29) is 11.7 Å². The molecule has 0 saturated heterocycles. The van der Waals surface area contributed by atoms with Crippen molar-refractivity contribution in [3.05, 3.63) is 79.4 Å². The van der Waals surface area contributed by atoms with Gasteiger partial charge in [0.15, 0.2) is 0 Å². The quantitative estimate of drug-likeness (QED) is 0.351. The van der Waals surface area contributed by atoms with Crippen LogP contribution in [0.5, 0.6) is 5.75 Å². The minimum Gasteiger partial charge on any atom is -0.506 e. The largest absolute Gasteiger partial charge is 0.506 e. The number of aromatic hydroxyl groups is 1. The molecule has 0 aliphatic rings. The van der Waals surface area contributed by atoms with Gasteiger partial charge in [0.1, 0.15) is 5.75 Å². The summed E-state index contributed by atoms with van der Waals surface area (Å²) in [7, 11) is 0. The Balaban J connectivity index is 1.83. The second kappa shape index (κ2) is 8.20. The SMILES string of the molecule is O=C(N/N=C\c1c(Br)cc(Br)c(O)c1Br)c1ccccc1-n1cccc1. The Bertz CT molecular complexity index is 986. The van der Waals surface area contributed by atoms with E-state index in [1.165, 1.54) is 6.21 Å². The van der Waals surface area contributed by atoms with Gasteiger partial charge in [-0.25, -0.2) is 5.43 Å². The van der Waals surface area contributed by atoms with Crippen LogP contribution in [0, 0.1) is 0 Å². The number of nitrogens with zero attached hydrogens (tertiary/aromatic N) is 2. The highest BCUT2D eigenvalue weighted by Gasteiger charge is 2.13. The summed E-state index contributed by atoms with van der Waals surface area (Å²) in [6.45, 7) is 0. The van der Waals surface area contributed by atoms with Gasteiger partial charge in [0, 0.05) is 22.4 Å². The van der Waals surface area contributed by atoms with Crippen LogP contribution in [-0.2, 0) is 0 Å². The van der Waals surface area contributed by atoms with E-state index < -0.39 is 0 Å². The van der Waals surface area contributed by atoms with E-state index in [1.54, 1.807) is 18.2 Å². The van der Waals surface area contributed by atoms with Gasteiger partial charge >= 0.3 is 0 Å². The van der Waals surface area contributed by atoms with Crippen LogP contribution >= 0.6 is 47.8 Å². The van der Waals surface area contributed by atoms with Crippen molar-refractivity contribution in [3.63, 3.8) is 0 Å². The minimum absolute atomic E-state index is 0.0546. The second-order valence-electron chi connectivity index (χ2n) is 5.22. The van der Waals surface area contributed by atoms with E-state index in [0.717, 1.165) is 5.69 Å². The molecule has 0 aliphatic heterocycles. The topological polar surface area (TPSA) is 66.6 Å². The number of hydrogen-bond acceptors (Lipinski definition) is 3. The van der Waals surface area contributed by atoms with Crippen molar-refractivity contribution in [1.29, 1.82) is 0 Å². The molecule has 3 aromatic rings. The third-order valence-corrected chi connectivity index (χ3v) is 5.64. The molecule has 1 amide bonds. The summed E-state index contributed by atoms with van der Waals surface area (Å²) in [4.78, 5) is 12.5. The number of para-hydroxylation sites is 1. The monoisotopic (exact) mass is 539 g/mol. The zero-order chi connectivity index (χ0) is 18.7. The van der Waals surface area contributed by atoms with Crippen LogP contribution in [0.2, 0.25) is 0 Å². The third-order valence-electron chi connectivity index (χ3n) is 3.57. The van der Waals surface area contributed by atoms with Crippen molar-refractivity contribution in [1.82, 2.24) is 9.99 Å². The number of amides is 1. The van der Waals surface area contributed by atoms with Crippen LogP contribution in [-0.4, -0.2) is 21.8 Å². The van der Waals surface area contributed by atoms with Crippen LogP contribution in [0.1, 0.15) is 15.9 Å². The minimum atomic E-state index is -0.334. The number of aromatic nitrogens is 1. The first-order valence-corrected chi connectivity index (χ1v) is 9.79. The Morgan fingerprint density at radius 2 is 1.77 bits per heavy atom. The maximum absolute atomic E-state index is 12.5. The van der Waals surface area contributed by atoms with Gasteiger partial charge in [-0.2, -0.15) is 5.10 Å². The molecule has 0 bridgehead atoms. The van der Waals surface area contributed by atoms with Crippen LogP contribution in [0.15, 0.2) is 73.4 Å². The number of hydrazone groups is 1. The lowest BCUT2D eigenvalue weighted by atomic mass is 10.1. The van der Waals surface area contributed by atoms with Gasteiger partial charge in [0.05, 0.1) is 26.4 Å². The number of phenolic OH excluding ortho intramolecular Hbond substituents is 1. The van der Waals surface area contributed by atoms with Crippen LogP contribution in [0.25, 0.3) is 5.69 Å². The van der Waals surface area contributed by atoms with E-state index >= 15 is 0 Å². The van der Waals surface area contributed by atoms with Gasteiger partial charge in [0.2, 0.25) is 0 Å². The highest BCUT2D eigenvalue weighted by Crippen LogP contribution is 2.38. The number of carbonyl (C=O) groups is 1. The van der Waals surface area contributed by atoms with Crippen molar-refractivity contribution in [3.8, 4) is 11.4 Å². The zero-order valence-corrected chi connectivity index (χ0v) is 17.9. The molecule has 2 N–H and O–H groups in total. The molecule has 8 heteroatoms. The number of halogens is 3. The average Bonchev–Trinajstić information content (AvgIpc) is 3.17. The summed E-state index contributed by atoms with van der Waals surface area (Å²) < 4.78 is 3.57. The van der Waals surface area contributed by atoms with Crippen molar-refractivity contribution < 1.29 is 9.90 Å². The molecular weight excluding hydrogens is 530 g/mol. The predicted molar refractivity (Wildman–Crippen MR) is 112 cm³/mol. The van der Waals surface area contributed by atoms with Gasteiger partial charge in [-0.3, -0.25) is 4.79 Å². The highest BCUT2D eigenvalue weighted by molar-refractivity contribution is 9.11. The molecule has 2 aromatic carbocycles. The van der Waals surface area contributed by atoms with E-state index in [9.17, 15) is 9.90 Å². The molecule has 0 aliphatic carbocycles. The number of carbonyl (C=O) groups excluding carboxylic acids is 1. The predicted octanol–water partition coefficient (Wildman–Crippen LogP) is 5.23. The fraction of sp³-hybridized carbons (Fsp3) is 0. The number of benzene rings is 2. The number of hydrogen-bond donors (Lipinski definition) is 2. The Labute approximate surface area is 175 Å². The molecule has 5 nitrogen and oxygen atoms in total. The maximum Gasteiger partial charge on any atom is 0.273 e. The van der Waals surface area contributed by atoms with Gasteiger partial charge < -0.3 is 9.67 Å². The van der Waals surface area contributed by atoms with E-state index in [0.29, 0.717) is 24.5 Å². The van der Waals surface area contributed by atoms with Gasteiger partial charge in [-0.15, -0.1) is 0 Å². The summed E-state index contributed by atoms with van der Waals surface area (Å²) in [5, 5.41) is 14.0. The Morgan fingerprint density at radius 1 is 1.08 bits per heavy atom. The lowest BCUT2D eigenvalue weighted by molar-refractivity contribution is 0.0955. The number of nitrogens with one attached hydrogen (secondary N) is 1. The second-order valence-corrected chi connectivity index (χ2v) is 7.72. The fourth-order valence-corrected chi connectivity index (χ4v) is 4.64.